The molecule has 9 aromatic carbocycles. The maximum atomic E-state index is 10.4. The molecule has 0 radical (unpaired) electrons. The van der Waals surface area contributed by atoms with Crippen molar-refractivity contribution in [1.82, 2.24) is 4.57 Å². The molecule has 0 atom stereocenters. The third-order valence-corrected chi connectivity index (χ3v) is 16.0. The van der Waals surface area contributed by atoms with Crippen LogP contribution in [-0.4, -0.2) is 19.6 Å². The second-order valence-electron chi connectivity index (χ2n) is 14.2. The van der Waals surface area contributed by atoms with Gasteiger partial charge in [-0.1, -0.05) is 182 Å². The normalized spacial score (nSPS) is 16.7. The Hall–Kier alpha value is -7.34. The summed E-state index contributed by atoms with van der Waals surface area (Å²) in [6.45, 7) is -1.70. The zero-order valence-electron chi connectivity index (χ0n) is 47.8. The topological polar surface area (TPSA) is 23.4 Å². The first-order valence-corrected chi connectivity index (χ1v) is 20.9. The van der Waals surface area contributed by atoms with Gasteiger partial charge in [0, 0.05) is 27.3 Å². The number of benzene rings is 9. The van der Waals surface area contributed by atoms with Crippen LogP contribution in [0.25, 0.3) is 49.7 Å². The Morgan fingerprint density at radius 1 is 0.492 bits per heavy atom. The molecule has 10 aromatic rings. The number of aromatic nitrogens is 1. The number of ether oxygens (including phenoxy) is 1. The van der Waals surface area contributed by atoms with Crippen LogP contribution in [0.15, 0.2) is 218 Å². The molecule has 0 saturated carbocycles. The molecule has 2 aliphatic rings. The first-order chi connectivity index (χ1) is 36.4. The van der Waals surface area contributed by atoms with Crippen LogP contribution in [0.5, 0.6) is 17.2 Å². The molecule has 0 amide bonds. The third kappa shape index (κ3) is 5.02. The van der Waals surface area contributed by atoms with Crippen molar-refractivity contribution in [2.45, 2.75) is 0 Å². The van der Waals surface area contributed by atoms with Crippen molar-refractivity contribution < 1.29 is 32.7 Å². The molecule has 12 rings (SSSR count). The summed E-state index contributed by atoms with van der Waals surface area (Å²) in [6, 6.07) is 25.9. The number of hydrogen-bond donors (Lipinski definition) is 0. The smallest absolute Gasteiger partial charge is 0.434 e. The lowest BCUT2D eigenvalue weighted by molar-refractivity contribution is 0.478. The van der Waals surface area contributed by atoms with Gasteiger partial charge in [-0.25, -0.2) is 0 Å². The number of nitrogens with zero attached hydrogens (tertiary/aromatic N) is 1. The lowest BCUT2D eigenvalue weighted by Gasteiger charge is -2.37. The minimum atomic E-state index is -3.51. The molecule has 1 aromatic heterocycles. The summed E-state index contributed by atoms with van der Waals surface area (Å²) in [5, 5.41) is 2.94. The fourth-order valence-corrected chi connectivity index (χ4v) is 13.7. The van der Waals surface area contributed by atoms with Gasteiger partial charge in [0.25, 0.3) is 0 Å². The van der Waals surface area contributed by atoms with E-state index in [1.54, 1.807) is 12.1 Å². The number of rotatable bonds is 6. The van der Waals surface area contributed by atoms with Crippen LogP contribution in [0.2, 0.25) is 0 Å². The molecule has 59 heavy (non-hydrogen) atoms. The van der Waals surface area contributed by atoms with E-state index in [-0.39, 0.29) is 50.2 Å². The summed E-state index contributed by atoms with van der Waals surface area (Å²) in [7, 11) is -3.51. The fourth-order valence-electron chi connectivity index (χ4n) is 8.78. The van der Waals surface area contributed by atoms with Gasteiger partial charge < -0.3 is 14.0 Å². The van der Waals surface area contributed by atoms with Gasteiger partial charge in [0.15, 0.2) is 8.07 Å². The van der Waals surface area contributed by atoms with E-state index in [0.29, 0.717) is 5.56 Å². The van der Waals surface area contributed by atoms with Crippen molar-refractivity contribution in [2.24, 2.45) is 0 Å². The van der Waals surface area contributed by atoms with Crippen LogP contribution < -0.4 is 41.1 Å². The quantitative estimate of drug-likeness (QED) is 0.124. The van der Waals surface area contributed by atoms with E-state index >= 15 is 0 Å². The van der Waals surface area contributed by atoms with E-state index in [0.717, 1.165) is 25.3 Å². The highest BCUT2D eigenvalue weighted by molar-refractivity contribution is 7.20. The van der Waals surface area contributed by atoms with Gasteiger partial charge in [-0.3, -0.25) is 0 Å². The second-order valence-corrected chi connectivity index (χ2v) is 18.0. The predicted molar refractivity (Wildman–Crippen MR) is 247 cm³/mol. The molecule has 3 heterocycles. The Labute approximate surface area is 368 Å². The maximum absolute atomic E-state index is 10.4. The minimum Gasteiger partial charge on any atom is -0.551 e. The first kappa shape index (κ1) is 20.9. The van der Waals surface area contributed by atoms with E-state index in [1.807, 2.05) is 103 Å². The average Bonchev–Trinajstić information content (AvgIpc) is 3.80. The lowest BCUT2D eigenvalue weighted by Crippen LogP contribution is -2.75. The highest BCUT2D eigenvalue weighted by Gasteiger charge is 2.45. The standard InChI is InChI=1S/C54H36BNO2Si/c1-4-19-38(20-5-1)59(39-21-6-2-7-22-39,40-23-8-3-9-24-40)52-34-17-13-25-41(52)37-35-45-44-28-12-16-33-50(44)58-55-46-29-18-32-49(54(46)57-51(36-37)53(45)55)56-47-30-14-10-26-42(47)43-27-11-15-31-48(43)56/h1-36H/i10D,11D,12D,14D,15D,16D,18D,26D,27D,28D,29D,30D,31D,32D,33D,35D,36D. The Bertz CT molecular complexity index is 4050. The molecule has 2 aliphatic heterocycles. The zero-order chi connectivity index (χ0) is 53.7. The molecule has 3 nitrogen and oxygen atoms in total. The fraction of sp³-hybridized carbons (Fsp3) is 0. The molecule has 0 fully saturated rings. The van der Waals surface area contributed by atoms with Crippen LogP contribution in [0.1, 0.15) is 23.3 Å². The van der Waals surface area contributed by atoms with Gasteiger partial charge in [-0.2, -0.15) is 0 Å². The summed E-state index contributed by atoms with van der Waals surface area (Å²) in [6.07, 6.45) is 0. The minimum absolute atomic E-state index is 0.0255. The highest BCUT2D eigenvalue weighted by Crippen LogP contribution is 2.44. The van der Waals surface area contributed by atoms with Crippen LogP contribution in [0.3, 0.4) is 0 Å². The van der Waals surface area contributed by atoms with Gasteiger partial charge >= 0.3 is 6.92 Å². The molecule has 0 N–H and O–H groups in total. The van der Waals surface area contributed by atoms with Crippen LogP contribution in [-0.2, 0) is 0 Å². The molecular weight excluding hydrogens is 733 g/mol. The monoisotopic (exact) mass is 786 g/mol. The van der Waals surface area contributed by atoms with Crippen LogP contribution in [0, 0.1) is 0 Å². The van der Waals surface area contributed by atoms with Crippen molar-refractivity contribution >= 4 is 68.5 Å². The average molecular weight is 787 g/mol. The van der Waals surface area contributed by atoms with Crippen LogP contribution in [0.4, 0.5) is 0 Å². The van der Waals surface area contributed by atoms with Crippen LogP contribution >= 0.6 is 0 Å². The summed E-state index contributed by atoms with van der Waals surface area (Å²) in [4.78, 5) is 0. The molecule has 0 saturated heterocycles. The third-order valence-electron chi connectivity index (χ3n) is 11.2. The summed E-state index contributed by atoms with van der Waals surface area (Å²) in [5.74, 6) is -1.23. The van der Waals surface area contributed by atoms with E-state index in [2.05, 4.69) is 0 Å². The molecule has 5 heteroatoms. The molecule has 0 spiro atoms. The number of fused-ring (bicyclic) bond motifs is 7. The van der Waals surface area contributed by atoms with Crippen molar-refractivity contribution in [3.8, 4) is 45.2 Å². The second kappa shape index (κ2) is 13.4. The summed E-state index contributed by atoms with van der Waals surface area (Å²) in [5.41, 5.74) is -1.72. The SMILES string of the molecule is [2H]c1c([2H])c([2H])c2c(c1[2H])OB1c3c([2H])c([2H])c([2H])c(-n4c5c([2H])c([2H])c([2H])c([2H])c5c5c([2H])c([2H])c([2H])c([2H])c54)c3Oc3c([2H])c(-c4ccccc4[Si](c4ccccc4)(c4ccccc4)c4ccccc4)c([2H])c-2c31. The van der Waals surface area contributed by atoms with Gasteiger partial charge in [0.05, 0.1) is 40.0 Å². The summed E-state index contributed by atoms with van der Waals surface area (Å²) < 4.78 is 172. The lowest BCUT2D eigenvalue weighted by atomic mass is 9.50. The first-order valence-electron chi connectivity index (χ1n) is 27.4. The largest absolute Gasteiger partial charge is 0.551 e. The van der Waals surface area contributed by atoms with Gasteiger partial charge in [0.1, 0.15) is 17.2 Å². The molecular formula is C54H36BNO2Si. The van der Waals surface area contributed by atoms with Gasteiger partial charge in [-0.15, -0.1) is 0 Å². The van der Waals surface area contributed by atoms with Crippen molar-refractivity contribution in [1.29, 1.82) is 0 Å². The predicted octanol–water partition coefficient (Wildman–Crippen LogP) is 9.10. The van der Waals surface area contributed by atoms with E-state index in [4.69, 9.17) is 20.4 Å². The highest BCUT2D eigenvalue weighted by atomic mass is 28.3. The summed E-state index contributed by atoms with van der Waals surface area (Å²) >= 11 is 0. The van der Waals surface area contributed by atoms with E-state index in [1.165, 1.54) is 0 Å². The van der Waals surface area contributed by atoms with Crippen molar-refractivity contribution in [2.75, 3.05) is 0 Å². The van der Waals surface area contributed by atoms with Crippen molar-refractivity contribution in [3.05, 3.63) is 218 Å². The number of hydrogen-bond acceptors (Lipinski definition) is 2. The maximum Gasteiger partial charge on any atom is 0.434 e. The van der Waals surface area contributed by atoms with E-state index in [9.17, 15) is 12.3 Å². The number of para-hydroxylation sites is 4. The van der Waals surface area contributed by atoms with Gasteiger partial charge in [0.2, 0.25) is 0 Å². The zero-order valence-corrected chi connectivity index (χ0v) is 31.8. The van der Waals surface area contributed by atoms with E-state index < -0.39 is 140 Å². The molecule has 0 bridgehead atoms. The molecule has 0 aliphatic carbocycles. The van der Waals surface area contributed by atoms with Gasteiger partial charge in [-0.05, 0) is 73.7 Å². The molecule has 276 valence electrons. The van der Waals surface area contributed by atoms with Crippen molar-refractivity contribution in [3.63, 3.8) is 0 Å². The Balaban J connectivity index is 1.26. The molecule has 0 unspecified atom stereocenters. The Morgan fingerprint density at radius 2 is 1.07 bits per heavy atom. The Kier molecular flexibility index (Phi) is 4.74. The Morgan fingerprint density at radius 3 is 1.73 bits per heavy atom.